The van der Waals surface area contributed by atoms with Crippen molar-refractivity contribution in [2.45, 2.75) is 45.1 Å². The molecule has 0 aliphatic heterocycles. The maximum atomic E-state index is 6.13. The highest BCUT2D eigenvalue weighted by atomic mass is 35.5. The van der Waals surface area contributed by atoms with Crippen molar-refractivity contribution in [1.82, 2.24) is 9.55 Å². The van der Waals surface area contributed by atoms with Gasteiger partial charge in [-0.3, -0.25) is 0 Å². The molecule has 2 N–H and O–H groups in total. The van der Waals surface area contributed by atoms with Crippen molar-refractivity contribution in [2.24, 2.45) is 5.92 Å². The first-order chi connectivity index (χ1) is 9.15. The van der Waals surface area contributed by atoms with E-state index >= 15 is 0 Å². The van der Waals surface area contributed by atoms with E-state index < -0.39 is 0 Å². The van der Waals surface area contributed by atoms with Crippen LogP contribution in [-0.2, 0) is 0 Å². The van der Waals surface area contributed by atoms with Gasteiger partial charge in [0.15, 0.2) is 0 Å². The molecule has 1 aromatic carbocycles. The number of nitrogen functional groups attached to an aromatic ring is 1. The van der Waals surface area contributed by atoms with Crippen LogP contribution in [0.4, 0.5) is 5.95 Å². The van der Waals surface area contributed by atoms with E-state index in [2.05, 4.69) is 16.5 Å². The van der Waals surface area contributed by atoms with Gasteiger partial charge < -0.3 is 10.3 Å². The molecule has 1 fully saturated rings. The van der Waals surface area contributed by atoms with Gasteiger partial charge >= 0.3 is 0 Å². The smallest absolute Gasteiger partial charge is 0.201 e. The van der Waals surface area contributed by atoms with E-state index in [-0.39, 0.29) is 0 Å². The van der Waals surface area contributed by atoms with Crippen molar-refractivity contribution in [1.29, 1.82) is 0 Å². The minimum atomic E-state index is 0.466. The van der Waals surface area contributed by atoms with E-state index in [1.165, 1.54) is 32.1 Å². The van der Waals surface area contributed by atoms with Crippen molar-refractivity contribution in [3.8, 4) is 0 Å². The summed E-state index contributed by atoms with van der Waals surface area (Å²) in [6.07, 6.45) is 6.23. The third-order valence-electron chi connectivity index (χ3n) is 4.27. The number of imidazole rings is 1. The average Bonchev–Trinajstić information content (AvgIpc) is 2.55. The first-order valence-electron chi connectivity index (χ1n) is 7.08. The van der Waals surface area contributed by atoms with Gasteiger partial charge in [0.05, 0.1) is 11.0 Å². The number of nitrogens with two attached hydrogens (primary N) is 1. The predicted octanol–water partition coefficient (Wildman–Crippen LogP) is 4.41. The standard InChI is InChI=1S/C15H20ClN3/c1-10-3-2-4-12(7-5-10)19-14-9-11(16)6-8-13(14)18-15(19)17/h6,8-10,12H,2-5,7H2,1H3,(H2,17,18). The van der Waals surface area contributed by atoms with Crippen molar-refractivity contribution in [3.63, 3.8) is 0 Å². The Labute approximate surface area is 118 Å². The highest BCUT2D eigenvalue weighted by molar-refractivity contribution is 6.31. The molecule has 2 aromatic rings. The summed E-state index contributed by atoms with van der Waals surface area (Å²) in [4.78, 5) is 4.46. The van der Waals surface area contributed by atoms with E-state index in [9.17, 15) is 0 Å². The molecular formula is C15H20ClN3. The normalized spacial score (nSPS) is 24.5. The predicted molar refractivity (Wildman–Crippen MR) is 80.4 cm³/mol. The maximum absolute atomic E-state index is 6.13. The van der Waals surface area contributed by atoms with Crippen molar-refractivity contribution in [2.75, 3.05) is 5.73 Å². The van der Waals surface area contributed by atoms with E-state index in [0.29, 0.717) is 12.0 Å². The number of halogens is 1. The molecule has 0 bridgehead atoms. The number of anilines is 1. The Balaban J connectivity index is 2.03. The van der Waals surface area contributed by atoms with Gasteiger partial charge in [-0.2, -0.15) is 0 Å². The van der Waals surface area contributed by atoms with Crippen molar-refractivity contribution >= 4 is 28.6 Å². The van der Waals surface area contributed by atoms with Gasteiger partial charge in [0, 0.05) is 11.1 Å². The van der Waals surface area contributed by atoms with E-state index in [1.54, 1.807) is 0 Å². The number of aromatic nitrogens is 2. The molecule has 1 aliphatic rings. The van der Waals surface area contributed by atoms with Crippen LogP contribution >= 0.6 is 11.6 Å². The molecule has 1 aromatic heterocycles. The third-order valence-corrected chi connectivity index (χ3v) is 4.51. The molecule has 4 heteroatoms. The zero-order valence-electron chi connectivity index (χ0n) is 11.3. The molecule has 0 radical (unpaired) electrons. The van der Waals surface area contributed by atoms with Crippen LogP contribution in [0.1, 0.15) is 45.1 Å². The lowest BCUT2D eigenvalue weighted by atomic mass is 10.0. The van der Waals surface area contributed by atoms with Gasteiger partial charge in [0.1, 0.15) is 0 Å². The summed E-state index contributed by atoms with van der Waals surface area (Å²) in [6, 6.07) is 6.27. The molecule has 0 saturated heterocycles. The molecule has 19 heavy (non-hydrogen) atoms. The topological polar surface area (TPSA) is 43.8 Å². The monoisotopic (exact) mass is 277 g/mol. The highest BCUT2D eigenvalue weighted by Crippen LogP contribution is 2.34. The zero-order chi connectivity index (χ0) is 13.4. The second-order valence-electron chi connectivity index (χ2n) is 5.74. The largest absolute Gasteiger partial charge is 0.369 e. The summed E-state index contributed by atoms with van der Waals surface area (Å²) in [7, 11) is 0. The minimum absolute atomic E-state index is 0.466. The first-order valence-corrected chi connectivity index (χ1v) is 7.46. The van der Waals surface area contributed by atoms with Gasteiger partial charge in [-0.15, -0.1) is 0 Å². The average molecular weight is 278 g/mol. The molecule has 102 valence electrons. The van der Waals surface area contributed by atoms with Gasteiger partial charge in [-0.05, 0) is 43.4 Å². The quantitative estimate of drug-likeness (QED) is 0.785. The van der Waals surface area contributed by atoms with Crippen LogP contribution < -0.4 is 5.73 Å². The lowest BCUT2D eigenvalue weighted by molar-refractivity contribution is 0.445. The van der Waals surface area contributed by atoms with E-state index in [0.717, 1.165) is 22.0 Å². The molecule has 2 atom stereocenters. The molecule has 1 saturated carbocycles. The van der Waals surface area contributed by atoms with Crippen LogP contribution in [0.3, 0.4) is 0 Å². The number of hydrogen-bond donors (Lipinski definition) is 1. The summed E-state index contributed by atoms with van der Waals surface area (Å²) >= 11 is 6.11. The van der Waals surface area contributed by atoms with Gasteiger partial charge in [0.2, 0.25) is 5.95 Å². The molecule has 3 nitrogen and oxygen atoms in total. The molecule has 1 aliphatic carbocycles. The van der Waals surface area contributed by atoms with Gasteiger partial charge in [-0.25, -0.2) is 4.98 Å². The molecule has 0 amide bonds. The van der Waals surface area contributed by atoms with Gasteiger partial charge in [0.25, 0.3) is 0 Å². The van der Waals surface area contributed by atoms with Crippen molar-refractivity contribution < 1.29 is 0 Å². The summed E-state index contributed by atoms with van der Waals surface area (Å²) in [5.41, 5.74) is 8.15. The Bertz CT molecular complexity index is 590. The number of hydrogen-bond acceptors (Lipinski definition) is 2. The van der Waals surface area contributed by atoms with Crippen LogP contribution in [0.5, 0.6) is 0 Å². The van der Waals surface area contributed by atoms with Crippen molar-refractivity contribution in [3.05, 3.63) is 23.2 Å². The molecule has 1 heterocycles. The Morgan fingerprint density at radius 2 is 2.11 bits per heavy atom. The number of benzene rings is 1. The zero-order valence-corrected chi connectivity index (χ0v) is 12.0. The Kier molecular flexibility index (Phi) is 3.40. The van der Waals surface area contributed by atoms with Crippen LogP contribution in [0, 0.1) is 5.92 Å². The molecule has 3 rings (SSSR count). The fourth-order valence-electron chi connectivity index (χ4n) is 3.19. The lowest BCUT2D eigenvalue weighted by Gasteiger charge is -2.18. The number of fused-ring (bicyclic) bond motifs is 1. The van der Waals surface area contributed by atoms with Crippen LogP contribution in [0.25, 0.3) is 11.0 Å². The van der Waals surface area contributed by atoms with Crippen LogP contribution in [0.2, 0.25) is 5.02 Å². The van der Waals surface area contributed by atoms with Gasteiger partial charge in [-0.1, -0.05) is 31.4 Å². The fraction of sp³-hybridized carbons (Fsp3) is 0.533. The summed E-state index contributed by atoms with van der Waals surface area (Å²) in [5, 5.41) is 0.746. The highest BCUT2D eigenvalue weighted by Gasteiger charge is 2.21. The Morgan fingerprint density at radius 3 is 2.95 bits per heavy atom. The third kappa shape index (κ3) is 2.44. The fourth-order valence-corrected chi connectivity index (χ4v) is 3.36. The van der Waals surface area contributed by atoms with Crippen LogP contribution in [-0.4, -0.2) is 9.55 Å². The SMILES string of the molecule is CC1CCCC(n2c(N)nc3ccc(Cl)cc32)CC1. The first kappa shape index (κ1) is 12.8. The van der Waals surface area contributed by atoms with Crippen LogP contribution in [0.15, 0.2) is 18.2 Å². The summed E-state index contributed by atoms with van der Waals surface area (Å²) < 4.78 is 2.19. The molecule has 0 spiro atoms. The Morgan fingerprint density at radius 1 is 1.26 bits per heavy atom. The minimum Gasteiger partial charge on any atom is -0.369 e. The number of nitrogens with zero attached hydrogens (tertiary/aromatic N) is 2. The Hall–Kier alpha value is -1.22. The summed E-state index contributed by atoms with van der Waals surface area (Å²) in [6.45, 7) is 2.34. The summed E-state index contributed by atoms with van der Waals surface area (Å²) in [5.74, 6) is 1.45. The number of rotatable bonds is 1. The molecular weight excluding hydrogens is 258 g/mol. The lowest BCUT2D eigenvalue weighted by Crippen LogP contribution is -2.11. The van der Waals surface area contributed by atoms with E-state index in [1.807, 2.05) is 18.2 Å². The maximum Gasteiger partial charge on any atom is 0.201 e. The second kappa shape index (κ2) is 5.04. The van der Waals surface area contributed by atoms with E-state index in [4.69, 9.17) is 17.3 Å². The second-order valence-corrected chi connectivity index (χ2v) is 6.18. The molecule has 2 unspecified atom stereocenters.